The van der Waals surface area contributed by atoms with Crippen LogP contribution >= 0.6 is 0 Å². The molecule has 0 unspecified atom stereocenters. The van der Waals surface area contributed by atoms with Gasteiger partial charge in [0, 0.05) is 5.41 Å². The van der Waals surface area contributed by atoms with Crippen LogP contribution in [0.1, 0.15) is 52.7 Å². The third-order valence-corrected chi connectivity index (χ3v) is 4.67. The predicted octanol–water partition coefficient (Wildman–Crippen LogP) is 5.02. The lowest BCUT2D eigenvalue weighted by molar-refractivity contribution is 0.238. The normalized spacial score (nSPS) is 11.2. The average Bonchev–Trinajstić information content (AvgIpc) is 2.68. The molecule has 6 heteroatoms. The van der Waals surface area contributed by atoms with Crippen molar-refractivity contribution in [3.8, 4) is 34.5 Å². The molecule has 0 aromatic heterocycles. The van der Waals surface area contributed by atoms with Crippen molar-refractivity contribution in [1.82, 2.24) is 0 Å². The van der Waals surface area contributed by atoms with Gasteiger partial charge < -0.3 is 29.2 Å². The molecule has 0 atom stereocenters. The molecule has 0 saturated heterocycles. The maximum absolute atomic E-state index is 10.9. The number of aromatic hydroxyl groups is 2. The van der Waals surface area contributed by atoms with Gasteiger partial charge in [0.15, 0.2) is 11.5 Å². The first-order chi connectivity index (χ1) is 13.8. The number of benzene rings is 2. The number of ether oxygens (including phenoxy) is 4. The molecule has 0 spiro atoms. The quantitative estimate of drug-likeness (QED) is 0.579. The Balaban J connectivity index is 2.92. The summed E-state index contributed by atoms with van der Waals surface area (Å²) < 4.78 is 23.5. The maximum atomic E-state index is 10.9. The lowest BCUT2D eigenvalue weighted by Gasteiger charge is -2.32. The summed E-state index contributed by atoms with van der Waals surface area (Å²) in [6.45, 7) is 13.0. The Labute approximate surface area is 173 Å². The van der Waals surface area contributed by atoms with Gasteiger partial charge in [-0.15, -0.1) is 0 Å². The Morgan fingerprint density at radius 1 is 0.655 bits per heavy atom. The van der Waals surface area contributed by atoms with Crippen LogP contribution in [-0.4, -0.2) is 36.6 Å². The largest absolute Gasteiger partial charge is 0.508 e. The highest BCUT2D eigenvalue weighted by atomic mass is 16.5. The van der Waals surface area contributed by atoms with Crippen LogP contribution in [0.3, 0.4) is 0 Å². The minimum atomic E-state index is -0.603. The van der Waals surface area contributed by atoms with Crippen LogP contribution in [0.25, 0.3) is 0 Å². The molecule has 0 bridgehead atoms. The zero-order valence-corrected chi connectivity index (χ0v) is 18.2. The van der Waals surface area contributed by atoms with E-state index < -0.39 is 5.41 Å². The summed E-state index contributed by atoms with van der Waals surface area (Å²) in [7, 11) is 0. The van der Waals surface area contributed by atoms with Crippen LogP contribution in [0.5, 0.6) is 34.5 Å². The molecule has 160 valence electrons. The van der Waals surface area contributed by atoms with E-state index in [4.69, 9.17) is 18.9 Å². The Bertz CT molecular complexity index is 774. The third kappa shape index (κ3) is 4.47. The fraction of sp³-hybridized carbons (Fsp3) is 0.478. The van der Waals surface area contributed by atoms with Crippen molar-refractivity contribution in [3.05, 3.63) is 35.4 Å². The first kappa shape index (κ1) is 22.5. The number of hydrogen-bond acceptors (Lipinski definition) is 6. The first-order valence-corrected chi connectivity index (χ1v) is 10.1. The Kier molecular flexibility index (Phi) is 7.48. The highest BCUT2D eigenvalue weighted by Gasteiger charge is 2.38. The molecular weight excluding hydrogens is 372 g/mol. The second-order valence-electron chi connectivity index (χ2n) is 6.94. The van der Waals surface area contributed by atoms with E-state index in [1.54, 1.807) is 12.1 Å². The summed E-state index contributed by atoms with van der Waals surface area (Å²) in [5, 5.41) is 20.6. The van der Waals surface area contributed by atoms with Gasteiger partial charge in [0.25, 0.3) is 0 Å². The van der Waals surface area contributed by atoms with Crippen molar-refractivity contribution in [2.45, 2.75) is 47.0 Å². The van der Waals surface area contributed by atoms with Gasteiger partial charge in [-0.05, 0) is 45.4 Å². The molecule has 0 radical (unpaired) electrons. The summed E-state index contributed by atoms with van der Waals surface area (Å²) in [4.78, 5) is 0. The second-order valence-corrected chi connectivity index (χ2v) is 6.94. The Morgan fingerprint density at radius 2 is 1.03 bits per heavy atom. The summed E-state index contributed by atoms with van der Waals surface area (Å²) in [6.07, 6.45) is 0. The summed E-state index contributed by atoms with van der Waals surface area (Å²) in [5.41, 5.74) is 1.05. The SMILES string of the molecule is CCOc1c(O)c(OCC)c(OCC)c(C(C)(C)c2ccc(O)cc2)c1OCC. The van der Waals surface area contributed by atoms with Crippen LogP contribution in [0.4, 0.5) is 0 Å². The fourth-order valence-corrected chi connectivity index (χ4v) is 3.36. The van der Waals surface area contributed by atoms with E-state index in [-0.39, 0.29) is 23.0 Å². The van der Waals surface area contributed by atoms with Crippen molar-refractivity contribution in [3.63, 3.8) is 0 Å². The van der Waals surface area contributed by atoms with Gasteiger partial charge in [0.2, 0.25) is 17.2 Å². The van der Waals surface area contributed by atoms with E-state index in [1.807, 2.05) is 53.7 Å². The summed E-state index contributed by atoms with van der Waals surface area (Å²) >= 11 is 0. The van der Waals surface area contributed by atoms with Crippen LogP contribution in [-0.2, 0) is 5.41 Å². The summed E-state index contributed by atoms with van der Waals surface area (Å²) in [5.74, 6) is 1.39. The number of rotatable bonds is 10. The molecule has 0 fully saturated rings. The fourth-order valence-electron chi connectivity index (χ4n) is 3.36. The Morgan fingerprint density at radius 3 is 1.41 bits per heavy atom. The number of phenolic OH excluding ortho intramolecular Hbond substituents is 2. The molecule has 0 aliphatic heterocycles. The molecule has 2 N–H and O–H groups in total. The van der Waals surface area contributed by atoms with Crippen LogP contribution in [0, 0.1) is 0 Å². The van der Waals surface area contributed by atoms with Gasteiger partial charge in [-0.1, -0.05) is 26.0 Å². The van der Waals surface area contributed by atoms with E-state index in [9.17, 15) is 10.2 Å². The van der Waals surface area contributed by atoms with Crippen molar-refractivity contribution in [2.24, 2.45) is 0 Å². The van der Waals surface area contributed by atoms with Crippen molar-refractivity contribution in [1.29, 1.82) is 0 Å². The Hall–Kier alpha value is -2.76. The van der Waals surface area contributed by atoms with Crippen molar-refractivity contribution < 1.29 is 29.2 Å². The minimum Gasteiger partial charge on any atom is -0.508 e. The van der Waals surface area contributed by atoms with Gasteiger partial charge in [-0.3, -0.25) is 0 Å². The molecule has 0 aliphatic rings. The van der Waals surface area contributed by atoms with Crippen molar-refractivity contribution >= 4 is 0 Å². The van der Waals surface area contributed by atoms with Gasteiger partial charge in [0.05, 0.1) is 32.0 Å². The molecule has 2 rings (SSSR count). The highest BCUT2D eigenvalue weighted by molar-refractivity contribution is 5.72. The van der Waals surface area contributed by atoms with E-state index in [1.165, 1.54) is 0 Å². The third-order valence-electron chi connectivity index (χ3n) is 4.67. The molecule has 29 heavy (non-hydrogen) atoms. The van der Waals surface area contributed by atoms with E-state index in [0.29, 0.717) is 37.9 Å². The van der Waals surface area contributed by atoms with Gasteiger partial charge in [-0.2, -0.15) is 0 Å². The smallest absolute Gasteiger partial charge is 0.208 e. The zero-order chi connectivity index (χ0) is 21.6. The topological polar surface area (TPSA) is 77.4 Å². The lowest BCUT2D eigenvalue weighted by atomic mass is 9.76. The van der Waals surface area contributed by atoms with Crippen molar-refractivity contribution in [2.75, 3.05) is 26.4 Å². The van der Waals surface area contributed by atoms with Crippen LogP contribution < -0.4 is 18.9 Å². The molecule has 0 amide bonds. The second kappa shape index (κ2) is 9.63. The number of phenols is 2. The lowest BCUT2D eigenvalue weighted by Crippen LogP contribution is -2.23. The molecule has 2 aromatic carbocycles. The van der Waals surface area contributed by atoms with E-state index in [0.717, 1.165) is 11.1 Å². The number of hydrogen-bond donors (Lipinski definition) is 2. The predicted molar refractivity (Wildman–Crippen MR) is 113 cm³/mol. The van der Waals surface area contributed by atoms with E-state index in [2.05, 4.69) is 0 Å². The highest BCUT2D eigenvalue weighted by Crippen LogP contribution is 2.57. The maximum Gasteiger partial charge on any atom is 0.208 e. The summed E-state index contributed by atoms with van der Waals surface area (Å²) in [6, 6.07) is 7.00. The van der Waals surface area contributed by atoms with Crippen LogP contribution in [0.2, 0.25) is 0 Å². The van der Waals surface area contributed by atoms with Gasteiger partial charge in [-0.25, -0.2) is 0 Å². The average molecular weight is 405 g/mol. The van der Waals surface area contributed by atoms with Gasteiger partial charge in [0.1, 0.15) is 5.75 Å². The molecular formula is C23H32O6. The standard InChI is InChI=1S/C23H32O6/c1-7-26-19-17(23(5,6)15-11-13-16(24)14-12-15)20(27-8-2)22(29-10-4)18(25)21(19)28-9-3/h11-14,24-25H,7-10H2,1-6H3. The molecule has 0 saturated carbocycles. The minimum absolute atomic E-state index is 0.133. The first-order valence-electron chi connectivity index (χ1n) is 10.1. The zero-order valence-electron chi connectivity index (χ0n) is 18.2. The van der Waals surface area contributed by atoms with E-state index >= 15 is 0 Å². The van der Waals surface area contributed by atoms with Crippen LogP contribution in [0.15, 0.2) is 24.3 Å². The molecule has 6 nitrogen and oxygen atoms in total. The monoisotopic (exact) mass is 404 g/mol. The van der Waals surface area contributed by atoms with Gasteiger partial charge >= 0.3 is 0 Å². The molecule has 0 heterocycles. The molecule has 2 aromatic rings. The molecule has 0 aliphatic carbocycles.